The van der Waals surface area contributed by atoms with Gasteiger partial charge in [-0.1, -0.05) is 12.1 Å². The van der Waals surface area contributed by atoms with Crippen LogP contribution in [-0.4, -0.2) is 28.3 Å². The van der Waals surface area contributed by atoms with Crippen molar-refractivity contribution in [1.29, 1.82) is 0 Å². The first-order valence-electron chi connectivity index (χ1n) is 8.17. The zero-order chi connectivity index (χ0) is 16.4. The smallest absolute Gasteiger partial charge is 0.251 e. The Hall–Kier alpha value is -1.85. The Morgan fingerprint density at radius 2 is 2.00 bits per heavy atom. The van der Waals surface area contributed by atoms with Crippen molar-refractivity contribution in [2.75, 3.05) is 6.54 Å². The minimum absolute atomic E-state index is 0. The zero-order valence-corrected chi connectivity index (χ0v) is 15.0. The molecule has 1 aromatic carbocycles. The summed E-state index contributed by atoms with van der Waals surface area (Å²) in [5, 5.41) is 7.51. The Morgan fingerprint density at radius 1 is 1.33 bits per heavy atom. The summed E-state index contributed by atoms with van der Waals surface area (Å²) in [5.74, 6) is 0.527. The van der Waals surface area contributed by atoms with Gasteiger partial charge in [0.1, 0.15) is 0 Å². The van der Waals surface area contributed by atoms with Crippen LogP contribution in [0.15, 0.2) is 30.3 Å². The maximum absolute atomic E-state index is 12.3. The number of aryl methyl sites for hydroxylation is 2. The van der Waals surface area contributed by atoms with E-state index in [2.05, 4.69) is 16.5 Å². The third-order valence-corrected chi connectivity index (χ3v) is 4.41. The molecule has 6 heteroatoms. The first-order valence-corrected chi connectivity index (χ1v) is 8.17. The number of rotatable bonds is 6. The van der Waals surface area contributed by atoms with Gasteiger partial charge >= 0.3 is 0 Å². The molecule has 2 aromatic rings. The number of carbonyl (C=O) groups is 1. The van der Waals surface area contributed by atoms with E-state index in [1.165, 1.54) is 12.8 Å². The van der Waals surface area contributed by atoms with Crippen LogP contribution in [-0.2, 0) is 6.54 Å². The average molecular weight is 349 g/mol. The molecule has 3 rings (SSSR count). The molecule has 1 atom stereocenters. The second-order valence-electron chi connectivity index (χ2n) is 6.43. The van der Waals surface area contributed by atoms with E-state index in [-0.39, 0.29) is 24.4 Å². The van der Waals surface area contributed by atoms with Crippen molar-refractivity contribution in [3.05, 3.63) is 52.8 Å². The van der Waals surface area contributed by atoms with Crippen LogP contribution in [0.4, 0.5) is 0 Å². The zero-order valence-electron chi connectivity index (χ0n) is 14.2. The van der Waals surface area contributed by atoms with E-state index in [4.69, 9.17) is 5.73 Å². The van der Waals surface area contributed by atoms with Gasteiger partial charge in [0.05, 0.1) is 12.2 Å². The highest BCUT2D eigenvalue weighted by atomic mass is 35.5. The molecule has 0 saturated heterocycles. The molecule has 5 nitrogen and oxygen atoms in total. The Bertz CT molecular complexity index is 692. The molecule has 1 amide bonds. The largest absolute Gasteiger partial charge is 0.348 e. The molecule has 130 valence electrons. The lowest BCUT2D eigenvalue weighted by Crippen LogP contribution is -2.41. The van der Waals surface area contributed by atoms with Gasteiger partial charge in [0, 0.05) is 23.8 Å². The third-order valence-electron chi connectivity index (χ3n) is 4.41. The summed E-state index contributed by atoms with van der Waals surface area (Å²) in [6, 6.07) is 9.89. The highest BCUT2D eigenvalue weighted by Crippen LogP contribution is 2.32. The number of nitrogens with one attached hydrogen (secondary N) is 1. The lowest BCUT2D eigenvalue weighted by molar-refractivity contribution is 0.0933. The normalized spacial score (nSPS) is 14.8. The summed E-state index contributed by atoms with van der Waals surface area (Å²) in [7, 11) is 0. The molecule has 0 radical (unpaired) electrons. The van der Waals surface area contributed by atoms with Crippen LogP contribution >= 0.6 is 12.4 Å². The fourth-order valence-electron chi connectivity index (χ4n) is 2.89. The number of nitrogens with two attached hydrogens (primary N) is 1. The summed E-state index contributed by atoms with van der Waals surface area (Å²) in [4.78, 5) is 12.3. The first kappa shape index (κ1) is 18.5. The molecule has 1 heterocycles. The Kier molecular flexibility index (Phi) is 6.02. The molecule has 1 aromatic heterocycles. The average Bonchev–Trinajstić information content (AvgIpc) is 3.32. The van der Waals surface area contributed by atoms with E-state index in [9.17, 15) is 4.79 Å². The van der Waals surface area contributed by atoms with Gasteiger partial charge in [-0.25, -0.2) is 0 Å². The predicted octanol–water partition coefficient (Wildman–Crippen LogP) is 2.44. The van der Waals surface area contributed by atoms with Crippen molar-refractivity contribution in [3.8, 4) is 0 Å². The number of amides is 1. The van der Waals surface area contributed by atoms with Gasteiger partial charge in [-0.3, -0.25) is 9.48 Å². The fraction of sp³-hybridized carbons (Fsp3) is 0.444. The predicted molar refractivity (Wildman–Crippen MR) is 97.5 cm³/mol. The topological polar surface area (TPSA) is 72.9 Å². The molecular weight excluding hydrogens is 324 g/mol. The van der Waals surface area contributed by atoms with E-state index in [0.29, 0.717) is 18.0 Å². The SMILES string of the molecule is Cc1cc(C)n(Cc2ccc(C(=O)NC(CN)C3CC3)cc2)n1.Cl. The van der Waals surface area contributed by atoms with Gasteiger partial charge in [-0.2, -0.15) is 5.10 Å². The molecule has 1 saturated carbocycles. The lowest BCUT2D eigenvalue weighted by atomic mass is 10.1. The van der Waals surface area contributed by atoms with E-state index >= 15 is 0 Å². The Balaban J connectivity index is 0.00000208. The highest BCUT2D eigenvalue weighted by molar-refractivity contribution is 5.94. The number of hydrogen-bond donors (Lipinski definition) is 2. The summed E-state index contributed by atoms with van der Waals surface area (Å²) in [6.07, 6.45) is 2.34. The van der Waals surface area contributed by atoms with Crippen LogP contribution in [0.2, 0.25) is 0 Å². The van der Waals surface area contributed by atoms with Gasteiger partial charge in [0.15, 0.2) is 0 Å². The Morgan fingerprint density at radius 3 is 2.50 bits per heavy atom. The van der Waals surface area contributed by atoms with Crippen LogP contribution in [0.1, 0.15) is 40.2 Å². The quantitative estimate of drug-likeness (QED) is 0.842. The van der Waals surface area contributed by atoms with Crippen LogP contribution in [0.3, 0.4) is 0 Å². The monoisotopic (exact) mass is 348 g/mol. The molecule has 3 N–H and O–H groups in total. The molecule has 24 heavy (non-hydrogen) atoms. The number of nitrogens with zero attached hydrogens (tertiary/aromatic N) is 2. The number of benzene rings is 1. The summed E-state index contributed by atoms with van der Waals surface area (Å²) in [5.41, 5.74) is 9.71. The van der Waals surface area contributed by atoms with E-state index in [1.807, 2.05) is 42.8 Å². The van der Waals surface area contributed by atoms with Gasteiger partial charge in [0.25, 0.3) is 5.91 Å². The minimum Gasteiger partial charge on any atom is -0.348 e. The van der Waals surface area contributed by atoms with Crippen molar-refractivity contribution in [2.45, 2.75) is 39.3 Å². The van der Waals surface area contributed by atoms with Crippen molar-refractivity contribution < 1.29 is 4.79 Å². The number of halogens is 1. The fourth-order valence-corrected chi connectivity index (χ4v) is 2.89. The molecule has 0 bridgehead atoms. The second kappa shape index (κ2) is 7.81. The lowest BCUT2D eigenvalue weighted by Gasteiger charge is -2.16. The molecule has 0 aliphatic heterocycles. The molecule has 0 spiro atoms. The van der Waals surface area contributed by atoms with E-state index in [0.717, 1.165) is 23.5 Å². The van der Waals surface area contributed by atoms with Gasteiger partial charge < -0.3 is 11.1 Å². The van der Waals surface area contributed by atoms with Crippen molar-refractivity contribution >= 4 is 18.3 Å². The van der Waals surface area contributed by atoms with Crippen LogP contribution in [0, 0.1) is 19.8 Å². The summed E-state index contributed by atoms with van der Waals surface area (Å²) in [6.45, 7) is 5.26. The van der Waals surface area contributed by atoms with Crippen molar-refractivity contribution in [2.24, 2.45) is 11.7 Å². The standard InChI is InChI=1S/C18H24N4O.ClH/c1-12-9-13(2)22(21-12)11-14-3-5-16(6-4-14)18(23)20-17(10-19)15-7-8-15;/h3-6,9,15,17H,7-8,10-11,19H2,1-2H3,(H,20,23);1H. The molecule has 1 unspecified atom stereocenters. The van der Waals surface area contributed by atoms with E-state index < -0.39 is 0 Å². The molecule has 1 aliphatic carbocycles. The van der Waals surface area contributed by atoms with Crippen molar-refractivity contribution in [1.82, 2.24) is 15.1 Å². The van der Waals surface area contributed by atoms with Gasteiger partial charge in [-0.05, 0) is 56.4 Å². The molecule has 1 fully saturated rings. The third kappa shape index (κ3) is 4.36. The number of carbonyl (C=O) groups excluding carboxylic acids is 1. The minimum atomic E-state index is -0.0370. The second-order valence-corrected chi connectivity index (χ2v) is 6.43. The number of aromatic nitrogens is 2. The van der Waals surface area contributed by atoms with Crippen molar-refractivity contribution in [3.63, 3.8) is 0 Å². The van der Waals surface area contributed by atoms with Crippen LogP contribution in [0.25, 0.3) is 0 Å². The molecular formula is C18H25ClN4O. The first-order chi connectivity index (χ1) is 11.1. The van der Waals surface area contributed by atoms with E-state index in [1.54, 1.807) is 0 Å². The maximum Gasteiger partial charge on any atom is 0.251 e. The van der Waals surface area contributed by atoms with Crippen LogP contribution in [0.5, 0.6) is 0 Å². The summed E-state index contributed by atoms with van der Waals surface area (Å²) >= 11 is 0. The Labute approximate surface area is 149 Å². The molecule has 1 aliphatic rings. The van der Waals surface area contributed by atoms with Gasteiger partial charge in [0.2, 0.25) is 0 Å². The van der Waals surface area contributed by atoms with Crippen LogP contribution < -0.4 is 11.1 Å². The highest BCUT2D eigenvalue weighted by Gasteiger charge is 2.31. The number of hydrogen-bond acceptors (Lipinski definition) is 3. The van der Waals surface area contributed by atoms with Gasteiger partial charge in [-0.15, -0.1) is 12.4 Å². The summed E-state index contributed by atoms with van der Waals surface area (Å²) < 4.78 is 1.97. The maximum atomic E-state index is 12.3.